The zero-order valence-corrected chi connectivity index (χ0v) is 14.5. The van der Waals surface area contributed by atoms with E-state index in [2.05, 4.69) is 6.92 Å². The van der Waals surface area contributed by atoms with Crippen molar-refractivity contribution in [3.05, 3.63) is 59.7 Å². The smallest absolute Gasteiger partial charge is 0.119 e. The number of hydrogen-bond donors (Lipinski definition) is 2. The molecule has 4 nitrogen and oxygen atoms in total. The minimum absolute atomic E-state index is 0.204. The summed E-state index contributed by atoms with van der Waals surface area (Å²) in [7, 11) is 0. The second-order valence-electron chi connectivity index (χ2n) is 6.22. The maximum absolute atomic E-state index is 9.60. The number of aliphatic hydroxyl groups is 2. The summed E-state index contributed by atoms with van der Waals surface area (Å²) in [5, 5.41) is 19.2. The number of benzene rings is 2. The van der Waals surface area contributed by atoms with Crippen LogP contribution in [0.5, 0.6) is 11.5 Å². The molecule has 2 unspecified atom stereocenters. The zero-order chi connectivity index (χ0) is 17.5. The van der Waals surface area contributed by atoms with E-state index in [9.17, 15) is 10.2 Å². The molecular formula is C20H26O4. The summed E-state index contributed by atoms with van der Waals surface area (Å²) in [6.45, 7) is 6.57. The van der Waals surface area contributed by atoms with Gasteiger partial charge in [0, 0.05) is 5.92 Å². The molecule has 2 aromatic carbocycles. The zero-order valence-electron chi connectivity index (χ0n) is 14.5. The van der Waals surface area contributed by atoms with Crippen LogP contribution in [-0.2, 0) is 0 Å². The Hall–Kier alpha value is -2.04. The predicted octanol–water partition coefficient (Wildman–Crippen LogP) is 3.89. The van der Waals surface area contributed by atoms with Gasteiger partial charge in [-0.15, -0.1) is 0 Å². The van der Waals surface area contributed by atoms with Crippen LogP contribution in [0.4, 0.5) is 0 Å². The van der Waals surface area contributed by atoms with Crippen molar-refractivity contribution in [2.75, 3.05) is 13.2 Å². The first-order valence-electron chi connectivity index (χ1n) is 8.27. The Bertz CT molecular complexity index is 582. The van der Waals surface area contributed by atoms with Crippen LogP contribution in [0.15, 0.2) is 48.5 Å². The largest absolute Gasteiger partial charge is 0.493 e. The fraction of sp³-hybridized carbons (Fsp3) is 0.400. The maximum atomic E-state index is 9.60. The van der Waals surface area contributed by atoms with Crippen LogP contribution in [-0.4, -0.2) is 23.4 Å². The molecule has 0 aliphatic carbocycles. The third-order valence-corrected chi connectivity index (χ3v) is 3.75. The quantitative estimate of drug-likeness (QED) is 0.771. The van der Waals surface area contributed by atoms with Crippen LogP contribution in [0.3, 0.4) is 0 Å². The van der Waals surface area contributed by atoms with E-state index in [1.165, 1.54) is 0 Å². The second kappa shape index (κ2) is 8.71. The highest BCUT2D eigenvalue weighted by molar-refractivity contribution is 5.30. The second-order valence-corrected chi connectivity index (χ2v) is 6.22. The molecule has 0 aliphatic rings. The molecule has 2 aromatic rings. The Morgan fingerprint density at radius 2 is 1.17 bits per heavy atom. The predicted molar refractivity (Wildman–Crippen MR) is 94.3 cm³/mol. The van der Waals surface area contributed by atoms with Gasteiger partial charge >= 0.3 is 0 Å². The molecule has 4 heteroatoms. The molecule has 2 atom stereocenters. The van der Waals surface area contributed by atoms with Crippen LogP contribution in [0.1, 0.15) is 44.1 Å². The maximum Gasteiger partial charge on any atom is 0.119 e. The molecule has 0 aromatic heterocycles. The number of ether oxygens (including phenoxy) is 2. The molecule has 0 saturated heterocycles. The van der Waals surface area contributed by atoms with E-state index in [0.717, 1.165) is 22.6 Å². The van der Waals surface area contributed by atoms with Gasteiger partial charge in [0.1, 0.15) is 11.5 Å². The van der Waals surface area contributed by atoms with Gasteiger partial charge in [-0.1, -0.05) is 31.2 Å². The molecule has 0 radical (unpaired) electrons. The lowest BCUT2D eigenvalue weighted by Gasteiger charge is -2.16. The number of aliphatic hydroxyl groups excluding tert-OH is 2. The summed E-state index contributed by atoms with van der Waals surface area (Å²) in [4.78, 5) is 0. The minimum Gasteiger partial charge on any atom is -0.493 e. The fourth-order valence-electron chi connectivity index (χ4n) is 2.25. The van der Waals surface area contributed by atoms with E-state index >= 15 is 0 Å². The molecule has 0 fully saturated rings. The van der Waals surface area contributed by atoms with E-state index in [1.54, 1.807) is 13.8 Å². The first kappa shape index (κ1) is 18.3. The lowest BCUT2D eigenvalue weighted by molar-refractivity contribution is 0.183. The standard InChI is InChI=1S/C20H26O4/c1-14(12-23-19-8-4-6-17(10-19)15(2)21)13-24-20-9-5-7-18(11-20)16(3)22/h4-11,14-16,21-22H,12-13H2,1-3H3. The van der Waals surface area contributed by atoms with Crippen LogP contribution in [0, 0.1) is 5.92 Å². The molecule has 0 bridgehead atoms. The van der Waals surface area contributed by atoms with E-state index in [0.29, 0.717) is 13.2 Å². The van der Waals surface area contributed by atoms with Gasteiger partial charge in [0.2, 0.25) is 0 Å². The topological polar surface area (TPSA) is 58.9 Å². The molecule has 2 N–H and O–H groups in total. The monoisotopic (exact) mass is 330 g/mol. The fourth-order valence-corrected chi connectivity index (χ4v) is 2.25. The summed E-state index contributed by atoms with van der Waals surface area (Å²) in [6, 6.07) is 15.0. The number of hydrogen-bond acceptors (Lipinski definition) is 4. The Morgan fingerprint density at radius 3 is 1.54 bits per heavy atom. The number of rotatable bonds is 8. The average molecular weight is 330 g/mol. The normalized spacial score (nSPS) is 14.7. The molecule has 0 saturated carbocycles. The first-order chi connectivity index (χ1) is 11.5. The van der Waals surface area contributed by atoms with Gasteiger partial charge in [-0.25, -0.2) is 0 Å². The highest BCUT2D eigenvalue weighted by Gasteiger charge is 2.08. The van der Waals surface area contributed by atoms with E-state index < -0.39 is 12.2 Å². The Kier molecular flexibility index (Phi) is 6.64. The van der Waals surface area contributed by atoms with Gasteiger partial charge in [-0.2, -0.15) is 0 Å². The third kappa shape index (κ3) is 5.55. The van der Waals surface area contributed by atoms with Gasteiger partial charge in [-0.05, 0) is 49.2 Å². The minimum atomic E-state index is -0.504. The van der Waals surface area contributed by atoms with Crippen molar-refractivity contribution in [2.24, 2.45) is 5.92 Å². The van der Waals surface area contributed by atoms with Gasteiger partial charge in [0.15, 0.2) is 0 Å². The summed E-state index contributed by atoms with van der Waals surface area (Å²) in [5.41, 5.74) is 1.68. The highest BCUT2D eigenvalue weighted by atomic mass is 16.5. The Labute approximate surface area is 143 Å². The SMILES string of the molecule is CC(COc1cccc(C(C)O)c1)COc1cccc(C(C)O)c1. The van der Waals surface area contributed by atoms with E-state index in [4.69, 9.17) is 9.47 Å². The van der Waals surface area contributed by atoms with Crippen LogP contribution < -0.4 is 9.47 Å². The van der Waals surface area contributed by atoms with Gasteiger partial charge < -0.3 is 19.7 Å². The lowest BCUT2D eigenvalue weighted by Crippen LogP contribution is -2.16. The lowest BCUT2D eigenvalue weighted by atomic mass is 10.1. The molecule has 130 valence electrons. The van der Waals surface area contributed by atoms with Crippen molar-refractivity contribution in [2.45, 2.75) is 33.0 Å². The summed E-state index contributed by atoms with van der Waals surface area (Å²) < 4.78 is 11.6. The van der Waals surface area contributed by atoms with Crippen LogP contribution in [0.25, 0.3) is 0 Å². The van der Waals surface area contributed by atoms with Crippen molar-refractivity contribution >= 4 is 0 Å². The Balaban J connectivity index is 1.82. The van der Waals surface area contributed by atoms with Crippen molar-refractivity contribution < 1.29 is 19.7 Å². The molecule has 0 spiro atoms. The van der Waals surface area contributed by atoms with Crippen LogP contribution >= 0.6 is 0 Å². The first-order valence-corrected chi connectivity index (χ1v) is 8.27. The molecule has 0 heterocycles. The van der Waals surface area contributed by atoms with Gasteiger partial charge in [-0.3, -0.25) is 0 Å². The van der Waals surface area contributed by atoms with Crippen molar-refractivity contribution in [1.82, 2.24) is 0 Å². The average Bonchev–Trinajstić information content (AvgIpc) is 2.58. The Morgan fingerprint density at radius 1 is 0.750 bits per heavy atom. The van der Waals surface area contributed by atoms with Crippen LogP contribution in [0.2, 0.25) is 0 Å². The van der Waals surface area contributed by atoms with Gasteiger partial charge in [0.05, 0.1) is 25.4 Å². The summed E-state index contributed by atoms with van der Waals surface area (Å²) in [5.74, 6) is 1.70. The molecule has 0 aliphatic heterocycles. The van der Waals surface area contributed by atoms with Crippen molar-refractivity contribution in [3.8, 4) is 11.5 Å². The van der Waals surface area contributed by atoms with E-state index in [-0.39, 0.29) is 5.92 Å². The van der Waals surface area contributed by atoms with Crippen molar-refractivity contribution in [1.29, 1.82) is 0 Å². The molecule has 24 heavy (non-hydrogen) atoms. The van der Waals surface area contributed by atoms with Gasteiger partial charge in [0.25, 0.3) is 0 Å². The summed E-state index contributed by atoms with van der Waals surface area (Å²) in [6.07, 6.45) is -1.01. The summed E-state index contributed by atoms with van der Waals surface area (Å²) >= 11 is 0. The molecule has 2 rings (SSSR count). The van der Waals surface area contributed by atoms with E-state index in [1.807, 2.05) is 48.5 Å². The molecular weight excluding hydrogens is 304 g/mol. The highest BCUT2D eigenvalue weighted by Crippen LogP contribution is 2.21. The third-order valence-electron chi connectivity index (χ3n) is 3.75. The molecule has 0 amide bonds. The van der Waals surface area contributed by atoms with Crippen molar-refractivity contribution in [3.63, 3.8) is 0 Å².